The predicted molar refractivity (Wildman–Crippen MR) is 116 cm³/mol. The third kappa shape index (κ3) is 5.91. The quantitative estimate of drug-likeness (QED) is 0.643. The van der Waals surface area contributed by atoms with Gasteiger partial charge in [-0.15, -0.1) is 11.8 Å². The summed E-state index contributed by atoms with van der Waals surface area (Å²) in [6.45, 7) is 6.62. The van der Waals surface area contributed by atoms with Crippen LogP contribution in [-0.2, 0) is 4.79 Å². The van der Waals surface area contributed by atoms with Crippen molar-refractivity contribution in [1.29, 1.82) is 0 Å². The number of carbonyl (C=O) groups excluding carboxylic acids is 1. The normalized spacial score (nSPS) is 18.2. The molecule has 1 aliphatic heterocycles. The predicted octanol–water partition coefficient (Wildman–Crippen LogP) is 5.55. The summed E-state index contributed by atoms with van der Waals surface area (Å²) in [6, 6.07) is 16.2. The maximum atomic E-state index is 12.3. The molecule has 144 valence electrons. The van der Waals surface area contributed by atoms with Crippen LogP contribution >= 0.6 is 23.4 Å². The molecule has 1 saturated heterocycles. The van der Waals surface area contributed by atoms with Crippen molar-refractivity contribution in [3.05, 3.63) is 59.1 Å². The highest BCUT2D eigenvalue weighted by atomic mass is 35.5. The van der Waals surface area contributed by atoms with Gasteiger partial charge in [0.25, 0.3) is 0 Å². The van der Waals surface area contributed by atoms with E-state index < -0.39 is 0 Å². The molecule has 0 aromatic heterocycles. The number of piperidine rings is 1. The number of amides is 1. The van der Waals surface area contributed by atoms with Crippen LogP contribution in [0, 0.1) is 5.92 Å². The highest BCUT2D eigenvalue weighted by Crippen LogP contribution is 2.25. The molecule has 1 aliphatic rings. The summed E-state index contributed by atoms with van der Waals surface area (Å²) in [5.41, 5.74) is 2.41. The fraction of sp³-hybridized carbons (Fsp3) is 0.409. The van der Waals surface area contributed by atoms with E-state index in [4.69, 9.17) is 11.6 Å². The molecule has 1 amide bonds. The minimum atomic E-state index is -0.00218. The molecule has 3 nitrogen and oxygen atoms in total. The molecule has 1 N–H and O–H groups in total. The van der Waals surface area contributed by atoms with Gasteiger partial charge in [-0.25, -0.2) is 0 Å². The van der Waals surface area contributed by atoms with Crippen molar-refractivity contribution in [2.75, 3.05) is 23.7 Å². The second-order valence-corrected chi connectivity index (χ2v) is 8.80. The molecule has 27 heavy (non-hydrogen) atoms. The summed E-state index contributed by atoms with van der Waals surface area (Å²) in [6.07, 6.45) is 2.59. The number of halogens is 1. The molecule has 0 radical (unpaired) electrons. The van der Waals surface area contributed by atoms with Gasteiger partial charge < -0.3 is 10.2 Å². The van der Waals surface area contributed by atoms with Crippen LogP contribution in [0.5, 0.6) is 0 Å². The fourth-order valence-corrected chi connectivity index (χ4v) is 4.28. The SMILES string of the molecule is C[C@H]1CCCN(c2ccc([C@H](C)NC(=O)CSc3ccc(Cl)cc3)cc2)C1. The number of rotatable bonds is 6. The molecular weight excluding hydrogens is 376 g/mol. The lowest BCUT2D eigenvalue weighted by Gasteiger charge is -2.33. The third-order valence-corrected chi connectivity index (χ3v) is 6.24. The highest BCUT2D eigenvalue weighted by Gasteiger charge is 2.17. The van der Waals surface area contributed by atoms with E-state index in [-0.39, 0.29) is 11.9 Å². The minimum Gasteiger partial charge on any atom is -0.371 e. The summed E-state index contributed by atoms with van der Waals surface area (Å²) >= 11 is 7.41. The highest BCUT2D eigenvalue weighted by molar-refractivity contribution is 8.00. The Labute approximate surface area is 171 Å². The Morgan fingerprint density at radius 3 is 2.59 bits per heavy atom. The van der Waals surface area contributed by atoms with Crippen molar-refractivity contribution >= 4 is 35.0 Å². The third-order valence-electron chi connectivity index (χ3n) is 4.98. The van der Waals surface area contributed by atoms with E-state index in [9.17, 15) is 4.79 Å². The molecule has 2 atom stereocenters. The molecule has 2 aromatic rings. The van der Waals surface area contributed by atoms with Crippen LogP contribution in [0.2, 0.25) is 5.02 Å². The first kappa shape index (κ1) is 20.1. The lowest BCUT2D eigenvalue weighted by molar-refractivity contribution is -0.119. The largest absolute Gasteiger partial charge is 0.371 e. The maximum absolute atomic E-state index is 12.3. The Morgan fingerprint density at radius 2 is 1.93 bits per heavy atom. The van der Waals surface area contributed by atoms with Crippen molar-refractivity contribution in [2.24, 2.45) is 5.92 Å². The summed E-state index contributed by atoms with van der Waals surface area (Å²) in [4.78, 5) is 15.8. The van der Waals surface area contributed by atoms with Crippen molar-refractivity contribution in [1.82, 2.24) is 5.32 Å². The molecule has 0 spiro atoms. The average molecular weight is 403 g/mol. The van der Waals surface area contributed by atoms with E-state index in [1.54, 1.807) is 0 Å². The van der Waals surface area contributed by atoms with Crippen molar-refractivity contribution < 1.29 is 4.79 Å². The van der Waals surface area contributed by atoms with Crippen molar-refractivity contribution in [2.45, 2.75) is 37.6 Å². The first-order chi connectivity index (χ1) is 13.0. The first-order valence-corrected chi connectivity index (χ1v) is 10.9. The molecule has 2 aromatic carbocycles. The van der Waals surface area contributed by atoms with Crippen molar-refractivity contribution in [3.63, 3.8) is 0 Å². The molecule has 1 fully saturated rings. The number of anilines is 1. The lowest BCUT2D eigenvalue weighted by Crippen LogP contribution is -2.34. The summed E-state index contributed by atoms with van der Waals surface area (Å²) in [7, 11) is 0. The zero-order chi connectivity index (χ0) is 19.2. The Kier molecular flexibility index (Phi) is 7.08. The smallest absolute Gasteiger partial charge is 0.230 e. The van der Waals surface area contributed by atoms with Gasteiger partial charge in [0.2, 0.25) is 5.91 Å². The van der Waals surface area contributed by atoms with Gasteiger partial charge in [-0.1, -0.05) is 30.7 Å². The van der Waals surface area contributed by atoms with E-state index in [1.165, 1.54) is 30.3 Å². The molecule has 0 saturated carbocycles. The molecule has 0 bridgehead atoms. The van der Waals surface area contributed by atoms with Gasteiger partial charge in [0.05, 0.1) is 11.8 Å². The summed E-state index contributed by atoms with van der Waals surface area (Å²) < 4.78 is 0. The van der Waals surface area contributed by atoms with Crippen molar-refractivity contribution in [3.8, 4) is 0 Å². The standard InChI is InChI=1S/C22H27ClN2OS/c1-16-4-3-13-25(14-16)20-9-5-18(6-10-20)17(2)24-22(26)15-27-21-11-7-19(23)8-12-21/h5-12,16-17H,3-4,13-15H2,1-2H3,(H,24,26)/t16-,17-/m0/s1. The van der Waals surface area contributed by atoms with Crippen LogP contribution in [-0.4, -0.2) is 24.7 Å². The van der Waals surface area contributed by atoms with Gasteiger partial charge in [0.15, 0.2) is 0 Å². The van der Waals surface area contributed by atoms with E-state index >= 15 is 0 Å². The number of nitrogens with zero attached hydrogens (tertiary/aromatic N) is 1. The molecule has 1 heterocycles. The van der Waals surface area contributed by atoms with E-state index in [1.807, 2.05) is 31.2 Å². The second-order valence-electron chi connectivity index (χ2n) is 7.32. The average Bonchev–Trinajstić information content (AvgIpc) is 2.67. The Balaban J connectivity index is 1.50. The minimum absolute atomic E-state index is 0.00218. The Bertz CT molecular complexity index is 748. The van der Waals surface area contributed by atoms with E-state index in [2.05, 4.69) is 41.4 Å². The maximum Gasteiger partial charge on any atom is 0.230 e. The van der Waals surface area contributed by atoms with Crippen LogP contribution in [0.1, 0.15) is 38.3 Å². The van der Waals surface area contributed by atoms with Gasteiger partial charge in [-0.2, -0.15) is 0 Å². The molecule has 3 rings (SSSR count). The zero-order valence-corrected chi connectivity index (χ0v) is 17.5. The van der Waals surface area contributed by atoms with Crippen LogP contribution < -0.4 is 10.2 Å². The Morgan fingerprint density at radius 1 is 1.22 bits per heavy atom. The number of carbonyl (C=O) groups is 1. The lowest BCUT2D eigenvalue weighted by atomic mass is 9.99. The second kappa shape index (κ2) is 9.52. The number of hydrogen-bond acceptors (Lipinski definition) is 3. The van der Waals surface area contributed by atoms with Gasteiger partial charge in [0, 0.05) is 28.7 Å². The zero-order valence-electron chi connectivity index (χ0n) is 16.0. The molecule has 0 aliphatic carbocycles. The first-order valence-electron chi connectivity index (χ1n) is 9.54. The van der Waals surface area contributed by atoms with Gasteiger partial charge >= 0.3 is 0 Å². The Hall–Kier alpha value is -1.65. The van der Waals surface area contributed by atoms with E-state index in [0.717, 1.165) is 29.5 Å². The summed E-state index contributed by atoms with van der Waals surface area (Å²) in [5.74, 6) is 1.20. The van der Waals surface area contributed by atoms with Crippen LogP contribution in [0.25, 0.3) is 0 Å². The molecular formula is C22H27ClN2OS. The van der Waals surface area contributed by atoms with Gasteiger partial charge in [0.1, 0.15) is 0 Å². The van der Waals surface area contributed by atoms with Gasteiger partial charge in [-0.3, -0.25) is 4.79 Å². The fourth-order valence-electron chi connectivity index (χ4n) is 3.44. The topological polar surface area (TPSA) is 32.3 Å². The number of nitrogens with one attached hydrogen (secondary N) is 1. The molecule has 0 unspecified atom stereocenters. The number of thioether (sulfide) groups is 1. The van der Waals surface area contributed by atoms with Crippen LogP contribution in [0.15, 0.2) is 53.4 Å². The van der Waals surface area contributed by atoms with E-state index in [0.29, 0.717) is 10.8 Å². The molecule has 5 heteroatoms. The number of benzene rings is 2. The van der Waals surface area contributed by atoms with Crippen LogP contribution in [0.3, 0.4) is 0 Å². The summed E-state index contributed by atoms with van der Waals surface area (Å²) in [5, 5.41) is 3.79. The van der Waals surface area contributed by atoms with Gasteiger partial charge in [-0.05, 0) is 67.6 Å². The monoisotopic (exact) mass is 402 g/mol. The van der Waals surface area contributed by atoms with Crippen LogP contribution in [0.4, 0.5) is 5.69 Å². The number of hydrogen-bond donors (Lipinski definition) is 1.